The molecule has 2 atom stereocenters. The number of carbonyl (C=O) groups is 1. The van der Waals surface area contributed by atoms with Gasteiger partial charge in [0.05, 0.1) is 27.5 Å². The summed E-state index contributed by atoms with van der Waals surface area (Å²) in [5.74, 6) is 4.99. The van der Waals surface area contributed by atoms with E-state index in [0.29, 0.717) is 41.3 Å². The van der Waals surface area contributed by atoms with Crippen LogP contribution in [0.1, 0.15) is 51.8 Å². The maximum atomic E-state index is 15.0. The standard InChI is InChI=1S/C32H32ClFN6O2/c1-7-10-26(41)38-16-21(6)39(17-20(38)5)30-23-15-24(33)28(22-11-8-9-12-25(22)34)36-31(23)40(32(42)37-30)29-19(4)13-14-35-27(29)18(2)3/h8-9,11-15,18,20-21H,16-17H2,1-6H3. The van der Waals surface area contributed by atoms with Crippen LogP contribution < -0.4 is 10.6 Å². The van der Waals surface area contributed by atoms with Gasteiger partial charge in [-0.2, -0.15) is 4.98 Å². The van der Waals surface area contributed by atoms with E-state index in [4.69, 9.17) is 16.6 Å². The Kier molecular flexibility index (Phi) is 8.02. The first-order valence-electron chi connectivity index (χ1n) is 13.9. The number of benzene rings is 1. The molecule has 4 aromatic rings. The van der Waals surface area contributed by atoms with Gasteiger partial charge in [-0.15, -0.1) is 0 Å². The summed E-state index contributed by atoms with van der Waals surface area (Å²) in [5, 5.41) is 0.755. The summed E-state index contributed by atoms with van der Waals surface area (Å²) in [4.78, 5) is 44.5. The predicted molar refractivity (Wildman–Crippen MR) is 164 cm³/mol. The third-order valence-corrected chi connectivity index (χ3v) is 7.89. The second-order valence-corrected chi connectivity index (χ2v) is 11.3. The number of aryl methyl sites for hydroxylation is 1. The quantitative estimate of drug-likeness (QED) is 0.293. The number of halogens is 2. The SMILES string of the molecule is CC#CC(=O)N1CC(C)N(c2nc(=O)n(-c3c(C)ccnc3C(C)C)c3nc(-c4ccccc4F)c(Cl)cc23)CC1C. The molecule has 0 aliphatic carbocycles. The van der Waals surface area contributed by atoms with Crippen molar-refractivity contribution in [3.8, 4) is 28.8 Å². The number of amides is 1. The molecule has 1 aliphatic rings. The first kappa shape index (κ1) is 29.2. The number of fused-ring (bicyclic) bond motifs is 1. The molecule has 5 rings (SSSR count). The fraction of sp³-hybridized carbons (Fsp3) is 0.344. The molecule has 0 spiro atoms. The monoisotopic (exact) mass is 586 g/mol. The maximum Gasteiger partial charge on any atom is 0.355 e. The smallest absolute Gasteiger partial charge is 0.349 e. The van der Waals surface area contributed by atoms with Gasteiger partial charge in [-0.3, -0.25) is 9.78 Å². The Bertz CT molecular complexity index is 1830. The number of anilines is 1. The van der Waals surface area contributed by atoms with E-state index in [1.807, 2.05) is 45.6 Å². The molecule has 1 fully saturated rings. The highest BCUT2D eigenvalue weighted by Crippen LogP contribution is 2.36. The molecule has 2 unspecified atom stereocenters. The minimum absolute atomic E-state index is 0.00225. The zero-order valence-corrected chi connectivity index (χ0v) is 25.2. The van der Waals surface area contributed by atoms with E-state index >= 15 is 0 Å². The third kappa shape index (κ3) is 5.12. The van der Waals surface area contributed by atoms with Crippen LogP contribution in [0.15, 0.2) is 47.4 Å². The van der Waals surface area contributed by atoms with Crippen LogP contribution in [0.4, 0.5) is 10.2 Å². The van der Waals surface area contributed by atoms with Gasteiger partial charge in [0.2, 0.25) is 0 Å². The lowest BCUT2D eigenvalue weighted by molar-refractivity contribution is -0.127. The summed E-state index contributed by atoms with van der Waals surface area (Å²) < 4.78 is 16.4. The van der Waals surface area contributed by atoms with Crippen molar-refractivity contribution in [2.75, 3.05) is 18.0 Å². The Morgan fingerprint density at radius 1 is 1.12 bits per heavy atom. The highest BCUT2D eigenvalue weighted by atomic mass is 35.5. The van der Waals surface area contributed by atoms with Crippen molar-refractivity contribution >= 4 is 34.4 Å². The number of nitrogens with zero attached hydrogens (tertiary/aromatic N) is 6. The molecule has 1 amide bonds. The lowest BCUT2D eigenvalue weighted by Crippen LogP contribution is -2.58. The predicted octanol–water partition coefficient (Wildman–Crippen LogP) is 5.52. The van der Waals surface area contributed by atoms with Crippen LogP contribution in [0.25, 0.3) is 28.0 Å². The number of carbonyl (C=O) groups excluding carboxylic acids is 1. The second-order valence-electron chi connectivity index (χ2n) is 10.9. The first-order chi connectivity index (χ1) is 20.0. The van der Waals surface area contributed by atoms with E-state index in [0.717, 1.165) is 5.56 Å². The van der Waals surface area contributed by atoms with Gasteiger partial charge in [-0.1, -0.05) is 43.5 Å². The fourth-order valence-electron chi connectivity index (χ4n) is 5.54. The van der Waals surface area contributed by atoms with Gasteiger partial charge in [0.25, 0.3) is 5.91 Å². The van der Waals surface area contributed by atoms with Crippen LogP contribution in [0.2, 0.25) is 5.02 Å². The van der Waals surface area contributed by atoms with Gasteiger partial charge in [-0.05, 0) is 69.4 Å². The molecule has 1 saturated heterocycles. The summed E-state index contributed by atoms with van der Waals surface area (Å²) in [7, 11) is 0. The highest BCUT2D eigenvalue weighted by molar-refractivity contribution is 6.33. The van der Waals surface area contributed by atoms with Gasteiger partial charge in [-0.25, -0.2) is 18.7 Å². The number of rotatable bonds is 4. The summed E-state index contributed by atoms with van der Waals surface area (Å²) in [6.07, 6.45) is 1.71. The maximum absolute atomic E-state index is 15.0. The first-order valence-corrected chi connectivity index (χ1v) is 14.2. The van der Waals surface area contributed by atoms with Crippen molar-refractivity contribution in [3.05, 3.63) is 75.2 Å². The van der Waals surface area contributed by atoms with Gasteiger partial charge in [0.15, 0.2) is 5.65 Å². The molecule has 1 aromatic carbocycles. The van der Waals surface area contributed by atoms with E-state index in [1.54, 1.807) is 42.3 Å². The van der Waals surface area contributed by atoms with Gasteiger partial charge in [0, 0.05) is 36.9 Å². The van der Waals surface area contributed by atoms with E-state index in [9.17, 15) is 14.0 Å². The summed E-state index contributed by atoms with van der Waals surface area (Å²) in [5.41, 5.74) is 2.31. The van der Waals surface area contributed by atoms with Crippen LogP contribution in [-0.4, -0.2) is 55.5 Å². The van der Waals surface area contributed by atoms with Crippen LogP contribution in [0.5, 0.6) is 0 Å². The second kappa shape index (κ2) is 11.5. The van der Waals surface area contributed by atoms with Gasteiger partial charge in [0.1, 0.15) is 11.6 Å². The number of hydrogen-bond acceptors (Lipinski definition) is 6. The molecule has 8 nitrogen and oxygen atoms in total. The number of hydrogen-bond donors (Lipinski definition) is 0. The van der Waals surface area contributed by atoms with E-state index in [2.05, 4.69) is 21.8 Å². The average molecular weight is 587 g/mol. The molecule has 0 radical (unpaired) electrons. The van der Waals surface area contributed by atoms with Crippen molar-refractivity contribution in [1.82, 2.24) is 24.4 Å². The number of aromatic nitrogens is 4. The zero-order valence-electron chi connectivity index (χ0n) is 24.4. The highest BCUT2D eigenvalue weighted by Gasteiger charge is 2.34. The van der Waals surface area contributed by atoms with E-state index in [1.165, 1.54) is 10.6 Å². The fourth-order valence-corrected chi connectivity index (χ4v) is 5.79. The van der Waals surface area contributed by atoms with Crippen LogP contribution in [0.3, 0.4) is 0 Å². The average Bonchev–Trinajstić information content (AvgIpc) is 2.94. The molecule has 1 aliphatic heterocycles. The molecule has 4 heterocycles. The Hall–Kier alpha value is -4.29. The third-order valence-electron chi connectivity index (χ3n) is 7.61. The lowest BCUT2D eigenvalue weighted by atomic mass is 10.0. The molecule has 3 aromatic heterocycles. The minimum atomic E-state index is -0.542. The summed E-state index contributed by atoms with van der Waals surface area (Å²) in [6.45, 7) is 12.3. The molecular weight excluding hydrogens is 555 g/mol. The van der Waals surface area contributed by atoms with Crippen LogP contribution >= 0.6 is 11.6 Å². The molecule has 0 N–H and O–H groups in total. The van der Waals surface area contributed by atoms with Crippen molar-refractivity contribution in [3.63, 3.8) is 0 Å². The van der Waals surface area contributed by atoms with Crippen molar-refractivity contribution < 1.29 is 9.18 Å². The normalized spacial score (nSPS) is 17.0. The summed E-state index contributed by atoms with van der Waals surface area (Å²) >= 11 is 6.79. The van der Waals surface area contributed by atoms with Gasteiger partial charge < -0.3 is 9.80 Å². The van der Waals surface area contributed by atoms with Gasteiger partial charge >= 0.3 is 5.69 Å². The zero-order chi connectivity index (χ0) is 30.3. The Morgan fingerprint density at radius 3 is 2.55 bits per heavy atom. The van der Waals surface area contributed by atoms with Crippen molar-refractivity contribution in [2.24, 2.45) is 0 Å². The lowest BCUT2D eigenvalue weighted by Gasteiger charge is -2.44. The molecule has 0 saturated carbocycles. The largest absolute Gasteiger partial charge is 0.355 e. The Balaban J connectivity index is 1.80. The molecular formula is C32H32ClFN6O2. The molecule has 0 bridgehead atoms. The van der Waals surface area contributed by atoms with Crippen LogP contribution in [-0.2, 0) is 4.79 Å². The molecule has 42 heavy (non-hydrogen) atoms. The number of pyridine rings is 2. The van der Waals surface area contributed by atoms with Crippen molar-refractivity contribution in [2.45, 2.75) is 59.5 Å². The van der Waals surface area contributed by atoms with E-state index < -0.39 is 11.5 Å². The molecule has 216 valence electrons. The molecule has 10 heteroatoms. The van der Waals surface area contributed by atoms with Crippen LogP contribution in [0, 0.1) is 24.6 Å². The Morgan fingerprint density at radius 2 is 1.86 bits per heavy atom. The number of piperazine rings is 1. The van der Waals surface area contributed by atoms with Crippen molar-refractivity contribution in [1.29, 1.82) is 0 Å². The Labute approximate surface area is 249 Å². The van der Waals surface area contributed by atoms with E-state index in [-0.39, 0.29) is 40.2 Å². The minimum Gasteiger partial charge on any atom is -0.349 e. The topological polar surface area (TPSA) is 84.2 Å². The summed E-state index contributed by atoms with van der Waals surface area (Å²) in [6, 6.07) is 9.40.